The van der Waals surface area contributed by atoms with E-state index >= 15 is 0 Å². The van der Waals surface area contributed by atoms with Crippen LogP contribution < -0.4 is 15.6 Å². The maximum absolute atomic E-state index is 14.7. The number of amides is 1. The van der Waals surface area contributed by atoms with Crippen LogP contribution in [0, 0.1) is 17.5 Å². The third-order valence-electron chi connectivity index (χ3n) is 5.72. The van der Waals surface area contributed by atoms with Gasteiger partial charge in [0.2, 0.25) is 5.43 Å². The highest BCUT2D eigenvalue weighted by Crippen LogP contribution is 2.26. The Morgan fingerprint density at radius 3 is 2.36 bits per heavy atom. The second kappa shape index (κ2) is 8.97. The lowest BCUT2D eigenvalue weighted by molar-refractivity contribution is -0.122. The first-order valence-electron chi connectivity index (χ1n) is 10.6. The Morgan fingerprint density at radius 1 is 1.17 bits per heavy atom. The van der Waals surface area contributed by atoms with E-state index in [-0.39, 0.29) is 29.9 Å². The third-order valence-corrected chi connectivity index (χ3v) is 5.72. The van der Waals surface area contributed by atoms with Crippen molar-refractivity contribution in [3.63, 3.8) is 0 Å². The number of hydrogen-bond donors (Lipinski definition) is 2. The van der Waals surface area contributed by atoms with Crippen LogP contribution in [0.1, 0.15) is 24.2 Å². The van der Waals surface area contributed by atoms with Crippen LogP contribution in [0.3, 0.4) is 0 Å². The molecule has 0 aliphatic carbocycles. The van der Waals surface area contributed by atoms with Gasteiger partial charge in [-0.3, -0.25) is 19.0 Å². The standard InChI is InChI=1S/C23H19F5N4O4/c1-23(2,22(27)28)30-21(36)12-7-32(18-13(25)5-10(24)6-14(18)26)20-11(19(12)35)3-4-17(29-20)31-8-15(33)16(34)9-31/h3-7,15,22,33H,8-9H2,1-2H3,(H,30,36)/t15-/m1/s1. The number of carbonyl (C=O) groups excluding carboxylic acids is 2. The summed E-state index contributed by atoms with van der Waals surface area (Å²) >= 11 is 0. The number of β-amino-alcohol motifs (C(OH)–C–C–N with tert-alkyl or cyclic N) is 1. The first kappa shape index (κ1) is 25.2. The molecule has 8 nitrogen and oxygen atoms in total. The van der Waals surface area contributed by atoms with Gasteiger partial charge in [-0.15, -0.1) is 0 Å². The maximum Gasteiger partial charge on any atom is 0.260 e. The molecule has 0 bridgehead atoms. The fourth-order valence-electron chi connectivity index (χ4n) is 3.72. The molecule has 1 aromatic carbocycles. The summed E-state index contributed by atoms with van der Waals surface area (Å²) in [5.74, 6) is -5.67. The summed E-state index contributed by atoms with van der Waals surface area (Å²) in [6, 6.07) is 3.23. The van der Waals surface area contributed by atoms with Crippen molar-refractivity contribution in [1.82, 2.24) is 14.9 Å². The van der Waals surface area contributed by atoms with E-state index < -0.39 is 63.9 Å². The van der Waals surface area contributed by atoms with E-state index in [1.54, 1.807) is 0 Å². The molecule has 3 heterocycles. The number of halogens is 5. The number of benzene rings is 1. The normalized spacial score (nSPS) is 16.3. The number of Topliss-reactive ketones (excluding diaryl/α,β-unsaturated/α-hetero) is 1. The number of ketones is 1. The number of aromatic nitrogens is 2. The predicted octanol–water partition coefficient (Wildman–Crippen LogP) is 2.33. The number of pyridine rings is 2. The molecular weight excluding hydrogens is 491 g/mol. The van der Waals surface area contributed by atoms with Crippen LogP contribution in [0.4, 0.5) is 27.8 Å². The van der Waals surface area contributed by atoms with Crippen molar-refractivity contribution < 1.29 is 36.6 Å². The van der Waals surface area contributed by atoms with E-state index in [9.17, 15) is 41.4 Å². The van der Waals surface area contributed by atoms with Gasteiger partial charge < -0.3 is 15.3 Å². The molecule has 0 unspecified atom stereocenters. The lowest BCUT2D eigenvalue weighted by Gasteiger charge is -2.25. The Bertz CT molecular complexity index is 1430. The molecule has 2 aromatic heterocycles. The van der Waals surface area contributed by atoms with Gasteiger partial charge in [-0.25, -0.2) is 26.9 Å². The summed E-state index contributed by atoms with van der Waals surface area (Å²) in [6.07, 6.45) is -3.55. The van der Waals surface area contributed by atoms with Gasteiger partial charge >= 0.3 is 0 Å². The average molecular weight is 510 g/mol. The highest BCUT2D eigenvalue weighted by atomic mass is 19.3. The van der Waals surface area contributed by atoms with Crippen molar-refractivity contribution in [1.29, 1.82) is 0 Å². The largest absolute Gasteiger partial charge is 0.383 e. The minimum Gasteiger partial charge on any atom is -0.383 e. The highest BCUT2D eigenvalue weighted by Gasteiger charge is 2.33. The van der Waals surface area contributed by atoms with E-state index in [1.807, 2.05) is 5.32 Å². The molecule has 36 heavy (non-hydrogen) atoms. The Morgan fingerprint density at radius 2 is 1.81 bits per heavy atom. The third kappa shape index (κ3) is 4.41. The topological polar surface area (TPSA) is 105 Å². The molecule has 2 N–H and O–H groups in total. The zero-order valence-corrected chi connectivity index (χ0v) is 18.9. The van der Waals surface area contributed by atoms with Crippen molar-refractivity contribution in [3.05, 3.63) is 63.7 Å². The summed E-state index contributed by atoms with van der Waals surface area (Å²) in [5.41, 5.74) is -4.98. The van der Waals surface area contributed by atoms with Gasteiger partial charge in [0, 0.05) is 18.3 Å². The minimum atomic E-state index is -3.00. The van der Waals surface area contributed by atoms with Gasteiger partial charge in [-0.05, 0) is 26.0 Å². The maximum atomic E-state index is 14.7. The molecule has 0 radical (unpaired) electrons. The van der Waals surface area contributed by atoms with Crippen LogP contribution >= 0.6 is 0 Å². The van der Waals surface area contributed by atoms with Crippen LogP contribution in [0.15, 0.2) is 35.3 Å². The molecule has 1 fully saturated rings. The number of fused-ring (bicyclic) bond motifs is 1. The van der Waals surface area contributed by atoms with Gasteiger partial charge in [-0.2, -0.15) is 0 Å². The van der Waals surface area contributed by atoms with Crippen molar-refractivity contribution in [2.45, 2.75) is 31.9 Å². The molecule has 190 valence electrons. The lowest BCUT2D eigenvalue weighted by Crippen LogP contribution is -2.50. The minimum absolute atomic E-state index is 0.0690. The zero-order valence-electron chi connectivity index (χ0n) is 18.9. The van der Waals surface area contributed by atoms with E-state index in [1.165, 1.54) is 17.0 Å². The number of aliphatic hydroxyl groups is 1. The second-order valence-corrected chi connectivity index (χ2v) is 8.84. The monoisotopic (exact) mass is 510 g/mol. The summed E-state index contributed by atoms with van der Waals surface area (Å²) in [7, 11) is 0. The number of nitrogens with zero attached hydrogens (tertiary/aromatic N) is 3. The Hall–Kier alpha value is -3.87. The van der Waals surface area contributed by atoms with Crippen molar-refractivity contribution >= 4 is 28.5 Å². The van der Waals surface area contributed by atoms with E-state index in [4.69, 9.17) is 0 Å². The van der Waals surface area contributed by atoms with E-state index in [0.29, 0.717) is 16.7 Å². The number of hydrogen-bond acceptors (Lipinski definition) is 6. The van der Waals surface area contributed by atoms with Crippen molar-refractivity contribution in [3.8, 4) is 5.69 Å². The predicted molar refractivity (Wildman–Crippen MR) is 118 cm³/mol. The van der Waals surface area contributed by atoms with Gasteiger partial charge in [0.15, 0.2) is 23.1 Å². The van der Waals surface area contributed by atoms with Gasteiger partial charge in [0.1, 0.15) is 29.0 Å². The van der Waals surface area contributed by atoms with Crippen LogP contribution in [0.5, 0.6) is 0 Å². The zero-order chi connectivity index (χ0) is 26.5. The molecule has 1 amide bonds. The molecule has 4 rings (SSSR count). The Kier molecular flexibility index (Phi) is 6.29. The van der Waals surface area contributed by atoms with Crippen LogP contribution in [0.2, 0.25) is 0 Å². The molecule has 0 spiro atoms. The molecular formula is C23H19F5N4O4. The van der Waals surface area contributed by atoms with Gasteiger partial charge in [0.25, 0.3) is 12.3 Å². The summed E-state index contributed by atoms with van der Waals surface area (Å²) in [6.45, 7) is 1.71. The van der Waals surface area contributed by atoms with Crippen LogP contribution in [-0.4, -0.2) is 57.5 Å². The molecule has 0 saturated carbocycles. The smallest absolute Gasteiger partial charge is 0.260 e. The van der Waals surface area contributed by atoms with Crippen LogP contribution in [0.25, 0.3) is 16.7 Å². The molecule has 3 aromatic rings. The van der Waals surface area contributed by atoms with Crippen molar-refractivity contribution in [2.24, 2.45) is 0 Å². The first-order valence-corrected chi connectivity index (χ1v) is 10.6. The number of carbonyl (C=O) groups is 2. The summed E-state index contributed by atoms with van der Waals surface area (Å²) in [4.78, 5) is 43.2. The van der Waals surface area contributed by atoms with E-state index in [0.717, 1.165) is 20.0 Å². The number of aliphatic hydroxyl groups excluding tert-OH is 1. The number of rotatable bonds is 5. The average Bonchev–Trinajstić information content (AvgIpc) is 3.12. The molecule has 1 aliphatic heterocycles. The number of anilines is 1. The lowest BCUT2D eigenvalue weighted by atomic mass is 10.1. The number of nitrogens with one attached hydrogen (secondary N) is 1. The van der Waals surface area contributed by atoms with Gasteiger partial charge in [0.05, 0.1) is 24.0 Å². The summed E-state index contributed by atoms with van der Waals surface area (Å²) < 4.78 is 70.3. The Labute approximate surface area is 200 Å². The number of alkyl halides is 2. The highest BCUT2D eigenvalue weighted by molar-refractivity contribution is 5.98. The van der Waals surface area contributed by atoms with Crippen LogP contribution in [-0.2, 0) is 4.79 Å². The van der Waals surface area contributed by atoms with Gasteiger partial charge in [-0.1, -0.05) is 0 Å². The summed E-state index contributed by atoms with van der Waals surface area (Å²) in [5, 5.41) is 11.4. The molecule has 1 aliphatic rings. The van der Waals surface area contributed by atoms with Crippen molar-refractivity contribution in [2.75, 3.05) is 18.0 Å². The SMILES string of the molecule is CC(C)(NC(=O)c1cn(-c2c(F)cc(F)cc2F)c2nc(N3CC(=O)[C@H](O)C3)ccc2c1=O)C(F)F. The molecule has 1 atom stereocenters. The molecule has 1 saturated heterocycles. The van der Waals surface area contributed by atoms with E-state index in [2.05, 4.69) is 4.98 Å². The quantitative estimate of drug-likeness (QED) is 0.511. The second-order valence-electron chi connectivity index (χ2n) is 8.84. The molecule has 13 heteroatoms. The fraction of sp³-hybridized carbons (Fsp3) is 0.304. The Balaban J connectivity index is 1.97. The fourth-order valence-corrected chi connectivity index (χ4v) is 3.72. The first-order chi connectivity index (χ1) is 16.8.